The molecular weight excluding hydrogens is 527 g/mol. The zero-order valence-electron chi connectivity index (χ0n) is 21.4. The number of aromatic nitrogens is 3. The largest absolute Gasteiger partial charge is 0.465 e. The number of hydrogen-bond acceptors (Lipinski definition) is 7. The zero-order valence-corrected chi connectivity index (χ0v) is 21.4. The number of carbonyl (C=O) groups is 2. The molecule has 4 heterocycles. The zero-order chi connectivity index (χ0) is 28.1. The normalized spacial score (nSPS) is 16.9. The van der Waals surface area contributed by atoms with Crippen molar-refractivity contribution < 1.29 is 32.2 Å². The molecule has 4 aromatic rings. The number of methoxy groups -OCH3 is 1. The summed E-state index contributed by atoms with van der Waals surface area (Å²) in [5, 5.41) is 0. The number of halogens is 3. The summed E-state index contributed by atoms with van der Waals surface area (Å²) in [7, 11) is 1.29. The topological polar surface area (TPSA) is 101 Å². The van der Waals surface area contributed by atoms with E-state index in [-0.39, 0.29) is 0 Å². The first kappa shape index (κ1) is 25.7. The predicted molar refractivity (Wildman–Crippen MR) is 140 cm³/mol. The lowest BCUT2D eigenvalue weighted by Crippen LogP contribution is -2.47. The average molecular weight is 552 g/mol. The van der Waals surface area contributed by atoms with Crippen LogP contribution in [0.1, 0.15) is 28.8 Å². The molecule has 0 aliphatic carbocycles. The van der Waals surface area contributed by atoms with Gasteiger partial charge in [-0.15, -0.1) is 0 Å². The highest BCUT2D eigenvalue weighted by Gasteiger charge is 2.48. The number of nitrogens with one attached hydrogen (secondary N) is 1. The number of rotatable bonds is 4. The number of pyridine rings is 1. The lowest BCUT2D eigenvalue weighted by molar-refractivity contribution is -0.137. The summed E-state index contributed by atoms with van der Waals surface area (Å²) in [6.07, 6.45) is -2.16. The molecule has 2 aromatic carbocycles. The third kappa shape index (κ3) is 4.59. The smallest absolute Gasteiger partial charge is 0.416 e. The van der Waals surface area contributed by atoms with Gasteiger partial charge in [-0.25, -0.2) is 19.6 Å². The molecule has 1 amide bonds. The number of esters is 1. The van der Waals surface area contributed by atoms with E-state index in [1.165, 1.54) is 18.1 Å². The third-order valence-electron chi connectivity index (χ3n) is 7.40. The van der Waals surface area contributed by atoms with Gasteiger partial charge in [0, 0.05) is 37.7 Å². The van der Waals surface area contributed by atoms with Crippen LogP contribution in [0.3, 0.4) is 0 Å². The lowest BCUT2D eigenvalue weighted by atomic mass is 9.91. The minimum atomic E-state index is -4.43. The second-order valence-corrected chi connectivity index (χ2v) is 9.85. The highest BCUT2D eigenvalue weighted by atomic mass is 19.4. The van der Waals surface area contributed by atoms with Gasteiger partial charge in [-0.1, -0.05) is 12.1 Å². The van der Waals surface area contributed by atoms with Crippen molar-refractivity contribution in [2.24, 2.45) is 0 Å². The van der Waals surface area contributed by atoms with E-state index in [0.717, 1.165) is 18.0 Å². The highest BCUT2D eigenvalue weighted by Crippen LogP contribution is 2.38. The van der Waals surface area contributed by atoms with E-state index in [4.69, 9.17) is 9.47 Å². The molecule has 1 N–H and O–H groups in total. The Morgan fingerprint density at radius 1 is 1.10 bits per heavy atom. The van der Waals surface area contributed by atoms with Crippen LogP contribution in [0, 0.1) is 0 Å². The first-order valence-electron chi connectivity index (χ1n) is 12.6. The number of amides is 1. The van der Waals surface area contributed by atoms with Crippen molar-refractivity contribution >= 4 is 34.6 Å². The fraction of sp³-hybridized carbons (Fsp3) is 0.286. The quantitative estimate of drug-likeness (QED) is 0.338. The fourth-order valence-corrected chi connectivity index (χ4v) is 5.24. The molecule has 0 bridgehead atoms. The monoisotopic (exact) mass is 551 g/mol. The van der Waals surface area contributed by atoms with Gasteiger partial charge < -0.3 is 19.4 Å². The number of carbonyl (C=O) groups excluding carboxylic acids is 2. The van der Waals surface area contributed by atoms with Crippen LogP contribution >= 0.6 is 0 Å². The Hall–Kier alpha value is -4.61. The van der Waals surface area contributed by atoms with Crippen molar-refractivity contribution in [3.8, 4) is 11.4 Å². The number of imidazole rings is 1. The molecule has 0 saturated carbocycles. The number of benzene rings is 2. The second-order valence-electron chi connectivity index (χ2n) is 9.85. The highest BCUT2D eigenvalue weighted by molar-refractivity contribution is 6.01. The van der Waals surface area contributed by atoms with Gasteiger partial charge in [-0.2, -0.15) is 13.2 Å². The maximum Gasteiger partial charge on any atom is 0.416 e. The predicted octanol–water partition coefficient (Wildman–Crippen LogP) is 5.43. The van der Waals surface area contributed by atoms with Crippen molar-refractivity contribution in [3.05, 3.63) is 71.9 Å². The number of hydrogen-bond donors (Lipinski definition) is 1. The molecule has 206 valence electrons. The maximum atomic E-state index is 13.0. The second kappa shape index (κ2) is 9.54. The Morgan fingerprint density at radius 2 is 1.88 bits per heavy atom. The van der Waals surface area contributed by atoms with Crippen LogP contribution in [0.5, 0.6) is 0 Å². The van der Waals surface area contributed by atoms with Gasteiger partial charge in [0.2, 0.25) is 0 Å². The number of H-pyrrole nitrogens is 1. The molecule has 2 aliphatic rings. The SMILES string of the molecule is COC(=O)c1ccccc1N1CC2(CCN(c3ccc(-c4nc5ccc(C(F)(F)F)cc5[nH]4)cn3)CC2)OC1=O. The molecule has 1 spiro atoms. The number of alkyl halides is 3. The summed E-state index contributed by atoms with van der Waals surface area (Å²) < 4.78 is 49.8. The fourth-order valence-electron chi connectivity index (χ4n) is 5.24. The molecule has 0 unspecified atom stereocenters. The molecule has 2 fully saturated rings. The molecule has 6 rings (SSSR count). The van der Waals surface area contributed by atoms with E-state index in [1.807, 2.05) is 12.1 Å². The average Bonchev–Trinajstić information content (AvgIpc) is 3.53. The van der Waals surface area contributed by atoms with Crippen LogP contribution in [-0.2, 0) is 15.7 Å². The molecule has 40 heavy (non-hydrogen) atoms. The number of piperidine rings is 1. The van der Waals surface area contributed by atoms with Crippen molar-refractivity contribution in [3.63, 3.8) is 0 Å². The van der Waals surface area contributed by atoms with Crippen LogP contribution in [0.4, 0.5) is 29.5 Å². The number of aromatic amines is 1. The number of ether oxygens (including phenoxy) is 2. The first-order valence-corrected chi connectivity index (χ1v) is 12.6. The van der Waals surface area contributed by atoms with E-state index in [1.54, 1.807) is 30.5 Å². The van der Waals surface area contributed by atoms with Crippen molar-refractivity contribution in [2.75, 3.05) is 36.5 Å². The van der Waals surface area contributed by atoms with Crippen LogP contribution < -0.4 is 9.80 Å². The molecular formula is C28H24F3N5O4. The Bertz CT molecular complexity index is 1590. The number of para-hydroxylation sites is 1. The van der Waals surface area contributed by atoms with Crippen LogP contribution in [0.25, 0.3) is 22.4 Å². The van der Waals surface area contributed by atoms with Gasteiger partial charge in [-0.05, 0) is 42.5 Å². The van der Waals surface area contributed by atoms with E-state index < -0.39 is 29.4 Å². The maximum absolute atomic E-state index is 13.0. The minimum absolute atomic E-state index is 0.296. The Labute approximate surface area is 226 Å². The Kier molecular flexibility index (Phi) is 6.12. The van der Waals surface area contributed by atoms with E-state index >= 15 is 0 Å². The Balaban J connectivity index is 1.14. The molecule has 2 aliphatic heterocycles. The Morgan fingerprint density at radius 3 is 2.58 bits per heavy atom. The summed E-state index contributed by atoms with van der Waals surface area (Å²) in [6.45, 7) is 1.51. The lowest BCUT2D eigenvalue weighted by Gasteiger charge is -2.38. The van der Waals surface area contributed by atoms with E-state index in [0.29, 0.717) is 66.1 Å². The van der Waals surface area contributed by atoms with Gasteiger partial charge >= 0.3 is 18.2 Å². The summed E-state index contributed by atoms with van der Waals surface area (Å²) in [5.74, 6) is 0.629. The van der Waals surface area contributed by atoms with Crippen LogP contribution in [0.15, 0.2) is 60.8 Å². The summed E-state index contributed by atoms with van der Waals surface area (Å²) in [4.78, 5) is 40.5. The number of nitrogens with zero attached hydrogens (tertiary/aromatic N) is 4. The van der Waals surface area contributed by atoms with Gasteiger partial charge in [0.25, 0.3) is 0 Å². The molecule has 0 radical (unpaired) electrons. The van der Waals surface area contributed by atoms with Gasteiger partial charge in [0.05, 0.1) is 41.5 Å². The third-order valence-corrected chi connectivity index (χ3v) is 7.40. The van der Waals surface area contributed by atoms with Crippen molar-refractivity contribution in [2.45, 2.75) is 24.6 Å². The van der Waals surface area contributed by atoms with Crippen LogP contribution in [0.2, 0.25) is 0 Å². The molecule has 2 aromatic heterocycles. The van der Waals surface area contributed by atoms with Gasteiger partial charge in [0.15, 0.2) is 0 Å². The molecule has 0 atom stereocenters. The van der Waals surface area contributed by atoms with Crippen molar-refractivity contribution in [1.29, 1.82) is 0 Å². The minimum Gasteiger partial charge on any atom is -0.465 e. The first-order chi connectivity index (χ1) is 19.2. The van der Waals surface area contributed by atoms with Crippen molar-refractivity contribution in [1.82, 2.24) is 15.0 Å². The number of fused-ring (bicyclic) bond motifs is 1. The molecule has 2 saturated heterocycles. The summed E-state index contributed by atoms with van der Waals surface area (Å²) in [5.41, 5.74) is 0.705. The van der Waals surface area contributed by atoms with Crippen LogP contribution in [-0.4, -0.2) is 59.4 Å². The molecule has 12 heteroatoms. The summed E-state index contributed by atoms with van der Waals surface area (Å²) >= 11 is 0. The van der Waals surface area contributed by atoms with E-state index in [9.17, 15) is 22.8 Å². The van der Waals surface area contributed by atoms with E-state index in [2.05, 4.69) is 19.9 Å². The van der Waals surface area contributed by atoms with Gasteiger partial charge in [-0.3, -0.25) is 4.90 Å². The molecule has 9 nitrogen and oxygen atoms in total. The standard InChI is InChI=1S/C28H24F3N5O4/c1-39-25(37)19-4-2-3-5-22(19)36-16-27(40-26(36)38)10-12-35(13-11-27)23-9-6-17(15-32-23)24-33-20-8-7-18(28(29,30)31)14-21(20)34-24/h2-9,14-15H,10-13,16H2,1H3,(H,33,34). The van der Waals surface area contributed by atoms with Gasteiger partial charge in [0.1, 0.15) is 17.2 Å². The number of anilines is 2. The summed E-state index contributed by atoms with van der Waals surface area (Å²) in [6, 6.07) is 13.8.